The molecule has 1 atom stereocenters. The maximum atomic E-state index is 12.6. The summed E-state index contributed by atoms with van der Waals surface area (Å²) in [5.41, 5.74) is 4.02. The van der Waals surface area contributed by atoms with E-state index in [4.69, 9.17) is 0 Å². The van der Waals surface area contributed by atoms with Crippen LogP contribution in [0, 0.1) is 5.92 Å². The molecule has 1 nitrogen and oxygen atoms in total. The van der Waals surface area contributed by atoms with E-state index in [9.17, 15) is 4.79 Å². The molecule has 1 heteroatoms. The van der Waals surface area contributed by atoms with E-state index in [1.165, 1.54) is 0 Å². The van der Waals surface area contributed by atoms with Gasteiger partial charge in [0.25, 0.3) is 0 Å². The number of Topliss-reactive ketones (excluding diaryl/α,β-unsaturated/α-hetero) is 1. The quantitative estimate of drug-likeness (QED) is 0.721. The van der Waals surface area contributed by atoms with Crippen molar-refractivity contribution in [2.75, 3.05) is 0 Å². The van der Waals surface area contributed by atoms with Gasteiger partial charge >= 0.3 is 0 Å². The zero-order chi connectivity index (χ0) is 14.7. The van der Waals surface area contributed by atoms with Crippen LogP contribution < -0.4 is 0 Å². The molecule has 0 radical (unpaired) electrons. The highest BCUT2D eigenvalue weighted by atomic mass is 16.1. The Bertz CT molecular complexity index is 693. The Labute approximate surface area is 125 Å². The predicted octanol–water partition coefficient (Wildman–Crippen LogP) is 4.76. The van der Waals surface area contributed by atoms with Gasteiger partial charge in [0, 0.05) is 11.1 Å². The smallest absolute Gasteiger partial charge is 0.185 e. The van der Waals surface area contributed by atoms with Crippen LogP contribution in [-0.4, -0.2) is 5.78 Å². The average Bonchev–Trinajstić information content (AvgIpc) is 2.77. The molecule has 2 aromatic rings. The molecule has 0 spiro atoms. The van der Waals surface area contributed by atoms with E-state index in [1.54, 1.807) is 0 Å². The lowest BCUT2D eigenvalue weighted by atomic mass is 10.0. The van der Waals surface area contributed by atoms with Crippen molar-refractivity contribution in [2.24, 2.45) is 5.92 Å². The number of hydrogen-bond donors (Lipinski definition) is 0. The molecule has 1 fully saturated rings. The summed E-state index contributed by atoms with van der Waals surface area (Å²) in [5.74, 6) is 0.475. The summed E-state index contributed by atoms with van der Waals surface area (Å²) >= 11 is 0. The third kappa shape index (κ3) is 3.03. The molecule has 104 valence electrons. The number of allylic oxidation sites excluding steroid dienone is 2. The van der Waals surface area contributed by atoms with Crippen molar-refractivity contribution in [3.05, 3.63) is 82.9 Å². The monoisotopic (exact) mass is 274 g/mol. The molecule has 1 aliphatic rings. The molecule has 0 aliphatic heterocycles. The summed E-state index contributed by atoms with van der Waals surface area (Å²) in [7, 11) is 0. The number of carbonyl (C=O) groups is 1. The van der Waals surface area contributed by atoms with E-state index in [0.717, 1.165) is 28.7 Å². The van der Waals surface area contributed by atoms with Crippen LogP contribution in [0.1, 0.15) is 24.5 Å². The second kappa shape index (κ2) is 5.92. The van der Waals surface area contributed by atoms with E-state index < -0.39 is 0 Å². The normalized spacial score (nSPS) is 22.1. The molecular weight excluding hydrogens is 256 g/mol. The maximum absolute atomic E-state index is 12.6. The van der Waals surface area contributed by atoms with Gasteiger partial charge in [-0.2, -0.15) is 0 Å². The Morgan fingerprint density at radius 2 is 1.38 bits per heavy atom. The van der Waals surface area contributed by atoms with Crippen LogP contribution in [-0.2, 0) is 4.79 Å². The first-order valence-corrected chi connectivity index (χ1v) is 7.31. The van der Waals surface area contributed by atoms with Gasteiger partial charge < -0.3 is 0 Å². The molecule has 0 unspecified atom stereocenters. The fraction of sp³-hybridized carbons (Fsp3) is 0.150. The minimum Gasteiger partial charge on any atom is -0.289 e. The fourth-order valence-corrected chi connectivity index (χ4v) is 2.75. The minimum atomic E-state index is 0.190. The Kier molecular flexibility index (Phi) is 3.83. The summed E-state index contributed by atoms with van der Waals surface area (Å²) < 4.78 is 0. The van der Waals surface area contributed by atoms with Crippen molar-refractivity contribution < 1.29 is 4.79 Å². The van der Waals surface area contributed by atoms with Gasteiger partial charge in [0.15, 0.2) is 5.78 Å². The molecule has 0 bridgehead atoms. The van der Waals surface area contributed by atoms with Crippen LogP contribution in [0.4, 0.5) is 0 Å². The first kappa shape index (κ1) is 13.6. The highest BCUT2D eigenvalue weighted by Crippen LogP contribution is 2.34. The van der Waals surface area contributed by atoms with Crippen LogP contribution in [0.5, 0.6) is 0 Å². The largest absolute Gasteiger partial charge is 0.289 e. The summed E-state index contributed by atoms with van der Waals surface area (Å²) in [6, 6.07) is 20.1. The van der Waals surface area contributed by atoms with Gasteiger partial charge in [0.2, 0.25) is 0 Å². The van der Waals surface area contributed by atoms with Crippen LogP contribution in [0.3, 0.4) is 0 Å². The topological polar surface area (TPSA) is 17.1 Å². The molecule has 2 aromatic carbocycles. The molecule has 0 aromatic heterocycles. The van der Waals surface area contributed by atoms with Gasteiger partial charge in [-0.05, 0) is 35.6 Å². The molecule has 0 heterocycles. The molecule has 1 saturated carbocycles. The van der Waals surface area contributed by atoms with E-state index in [2.05, 4.69) is 6.92 Å². The zero-order valence-corrected chi connectivity index (χ0v) is 12.1. The fourth-order valence-electron chi connectivity index (χ4n) is 2.75. The van der Waals surface area contributed by atoms with Gasteiger partial charge in [-0.25, -0.2) is 0 Å². The number of rotatable bonds is 2. The molecular formula is C20H18O. The third-order valence-electron chi connectivity index (χ3n) is 3.87. The van der Waals surface area contributed by atoms with Crippen LogP contribution in [0.25, 0.3) is 12.2 Å². The summed E-state index contributed by atoms with van der Waals surface area (Å²) in [6.45, 7) is 2.12. The number of hydrogen-bond acceptors (Lipinski definition) is 1. The van der Waals surface area contributed by atoms with Crippen molar-refractivity contribution in [2.45, 2.75) is 13.3 Å². The van der Waals surface area contributed by atoms with Crippen molar-refractivity contribution >= 4 is 17.9 Å². The number of ketones is 1. The minimum absolute atomic E-state index is 0.190. The number of carbonyl (C=O) groups excluding carboxylic acids is 1. The molecule has 0 saturated heterocycles. The Balaban J connectivity index is 1.91. The Morgan fingerprint density at radius 3 is 1.95 bits per heavy atom. The van der Waals surface area contributed by atoms with Crippen molar-refractivity contribution in [1.82, 2.24) is 0 Å². The predicted molar refractivity (Wildman–Crippen MR) is 87.6 cm³/mol. The van der Waals surface area contributed by atoms with Crippen LogP contribution in [0.15, 0.2) is 71.8 Å². The zero-order valence-electron chi connectivity index (χ0n) is 12.1. The second-order valence-electron chi connectivity index (χ2n) is 5.52. The number of benzene rings is 2. The van der Waals surface area contributed by atoms with E-state index in [-0.39, 0.29) is 11.7 Å². The van der Waals surface area contributed by atoms with Gasteiger partial charge in [-0.15, -0.1) is 0 Å². The SMILES string of the molecule is C[C@@H]1C/C(=C\c2ccccc2)C(=O)/C1=C/c1ccccc1. The highest BCUT2D eigenvalue weighted by Gasteiger charge is 2.29. The molecule has 0 amide bonds. The Morgan fingerprint density at radius 1 is 0.857 bits per heavy atom. The lowest BCUT2D eigenvalue weighted by molar-refractivity contribution is -0.111. The van der Waals surface area contributed by atoms with E-state index >= 15 is 0 Å². The van der Waals surface area contributed by atoms with Crippen molar-refractivity contribution in [3.63, 3.8) is 0 Å². The standard InChI is InChI=1S/C20H18O/c1-15-12-18(13-16-8-4-2-5-9-16)20(21)19(15)14-17-10-6-3-7-11-17/h2-11,13-15H,12H2,1H3/b18-13+,19-14+/t15-/m1/s1. The van der Waals surface area contributed by atoms with Crippen LogP contribution in [0.2, 0.25) is 0 Å². The van der Waals surface area contributed by atoms with Gasteiger partial charge in [-0.3, -0.25) is 4.79 Å². The Hall–Kier alpha value is -2.41. The first-order valence-electron chi connectivity index (χ1n) is 7.31. The molecule has 1 aliphatic carbocycles. The molecule has 0 N–H and O–H groups in total. The molecule has 3 rings (SSSR count). The van der Waals surface area contributed by atoms with Crippen molar-refractivity contribution in [3.8, 4) is 0 Å². The van der Waals surface area contributed by atoms with Gasteiger partial charge in [-0.1, -0.05) is 67.6 Å². The summed E-state index contributed by atoms with van der Waals surface area (Å²) in [5, 5.41) is 0. The third-order valence-corrected chi connectivity index (χ3v) is 3.87. The maximum Gasteiger partial charge on any atom is 0.185 e. The first-order chi connectivity index (χ1) is 10.2. The van der Waals surface area contributed by atoms with Gasteiger partial charge in [0.05, 0.1) is 0 Å². The summed E-state index contributed by atoms with van der Waals surface area (Å²) in [4.78, 5) is 12.6. The lowest BCUT2D eigenvalue weighted by Crippen LogP contribution is -1.98. The van der Waals surface area contributed by atoms with E-state index in [1.807, 2.05) is 72.8 Å². The second-order valence-corrected chi connectivity index (χ2v) is 5.52. The van der Waals surface area contributed by atoms with Crippen LogP contribution >= 0.6 is 0 Å². The summed E-state index contributed by atoms with van der Waals surface area (Å²) in [6.07, 6.45) is 4.87. The van der Waals surface area contributed by atoms with Crippen molar-refractivity contribution in [1.29, 1.82) is 0 Å². The van der Waals surface area contributed by atoms with Gasteiger partial charge in [0.1, 0.15) is 0 Å². The average molecular weight is 274 g/mol. The van der Waals surface area contributed by atoms with E-state index in [0.29, 0.717) is 0 Å². The highest BCUT2D eigenvalue weighted by molar-refractivity contribution is 6.16. The lowest BCUT2D eigenvalue weighted by Gasteiger charge is -2.01. The molecule has 21 heavy (non-hydrogen) atoms.